The van der Waals surface area contributed by atoms with E-state index in [2.05, 4.69) is 15.0 Å². The van der Waals surface area contributed by atoms with Crippen LogP contribution in [0.15, 0.2) is 11.4 Å². The van der Waals surface area contributed by atoms with E-state index in [-0.39, 0.29) is 17.5 Å². The fourth-order valence-electron chi connectivity index (χ4n) is 2.08. The monoisotopic (exact) mass is 268 g/mol. The van der Waals surface area contributed by atoms with E-state index in [1.54, 1.807) is 11.3 Å². The summed E-state index contributed by atoms with van der Waals surface area (Å²) in [4.78, 5) is 19.4. The summed E-state index contributed by atoms with van der Waals surface area (Å²) >= 11 is 1.66. The van der Waals surface area contributed by atoms with Gasteiger partial charge in [0.1, 0.15) is 0 Å². The number of oxime groups is 1. The predicted octanol–water partition coefficient (Wildman–Crippen LogP) is 0.983. The number of anilines is 1. The molecule has 0 amide bonds. The van der Waals surface area contributed by atoms with E-state index in [0.29, 0.717) is 12.8 Å². The number of carbonyl (C=O) groups excluding carboxylic acids is 1. The van der Waals surface area contributed by atoms with Crippen molar-refractivity contribution in [3.8, 4) is 0 Å². The van der Waals surface area contributed by atoms with Crippen LogP contribution >= 0.6 is 11.3 Å². The lowest BCUT2D eigenvalue weighted by Gasteiger charge is -2.30. The van der Waals surface area contributed by atoms with Crippen LogP contribution in [-0.2, 0) is 4.79 Å². The predicted molar refractivity (Wildman–Crippen MR) is 70.2 cm³/mol. The van der Waals surface area contributed by atoms with Crippen LogP contribution in [0.3, 0.4) is 0 Å². The summed E-state index contributed by atoms with van der Waals surface area (Å²) in [5.41, 5.74) is 5.32. The molecular formula is C11H16N4O2S. The highest BCUT2D eigenvalue weighted by Crippen LogP contribution is 2.27. The van der Waals surface area contributed by atoms with Crippen molar-refractivity contribution in [3.63, 3.8) is 0 Å². The van der Waals surface area contributed by atoms with Gasteiger partial charge in [0, 0.05) is 30.1 Å². The molecule has 3 N–H and O–H groups in total. The van der Waals surface area contributed by atoms with Crippen molar-refractivity contribution in [2.24, 2.45) is 16.8 Å². The molecule has 0 spiro atoms. The first-order chi connectivity index (χ1) is 8.61. The smallest absolute Gasteiger partial charge is 0.206 e. The number of nitrogens with two attached hydrogens (primary N) is 1. The molecule has 1 aromatic rings. The Morgan fingerprint density at radius 1 is 1.61 bits per heavy atom. The van der Waals surface area contributed by atoms with Crippen LogP contribution in [-0.4, -0.2) is 34.9 Å². The number of piperidine rings is 1. The fraction of sp³-hybridized carbons (Fsp3) is 0.545. The number of hydrogen-bond donors (Lipinski definition) is 2. The second-order valence-corrected chi connectivity index (χ2v) is 5.58. The Hall–Kier alpha value is -1.63. The van der Waals surface area contributed by atoms with Gasteiger partial charge in [-0.2, -0.15) is 0 Å². The third-order valence-corrected chi connectivity index (χ3v) is 4.08. The van der Waals surface area contributed by atoms with Gasteiger partial charge in [0.15, 0.2) is 5.13 Å². The van der Waals surface area contributed by atoms with Crippen molar-refractivity contribution in [1.29, 1.82) is 0 Å². The minimum absolute atomic E-state index is 0.141. The standard InChI is InChI=1S/C11H16N4O2S/c1-7-6-13-11(18-7)15-4-2-8(3-5-15)9(16)10(12)14-17/h6,8,17H,2-5H2,1H3,(H2,12,14). The van der Waals surface area contributed by atoms with Gasteiger partial charge in [0.25, 0.3) is 0 Å². The largest absolute Gasteiger partial charge is 0.409 e. The summed E-state index contributed by atoms with van der Waals surface area (Å²) in [6.07, 6.45) is 3.29. The highest BCUT2D eigenvalue weighted by atomic mass is 32.1. The molecule has 1 saturated heterocycles. The zero-order chi connectivity index (χ0) is 13.1. The molecule has 0 saturated carbocycles. The molecule has 0 atom stereocenters. The molecule has 1 aromatic heterocycles. The normalized spacial score (nSPS) is 18.1. The van der Waals surface area contributed by atoms with Gasteiger partial charge in [-0.1, -0.05) is 5.16 Å². The Balaban J connectivity index is 1.94. The lowest BCUT2D eigenvalue weighted by Crippen LogP contribution is -2.40. The summed E-state index contributed by atoms with van der Waals surface area (Å²) in [6, 6.07) is 0. The molecule has 2 heterocycles. The zero-order valence-electron chi connectivity index (χ0n) is 10.2. The van der Waals surface area contributed by atoms with Gasteiger partial charge >= 0.3 is 0 Å². The SMILES string of the molecule is Cc1cnc(N2CCC(C(=O)/C(N)=N/O)CC2)s1. The van der Waals surface area contributed by atoms with E-state index in [0.717, 1.165) is 18.2 Å². The highest BCUT2D eigenvalue weighted by Gasteiger charge is 2.28. The molecule has 1 aliphatic rings. The van der Waals surface area contributed by atoms with Crippen molar-refractivity contribution < 1.29 is 10.0 Å². The molecule has 6 nitrogen and oxygen atoms in total. The van der Waals surface area contributed by atoms with E-state index in [1.165, 1.54) is 4.88 Å². The van der Waals surface area contributed by atoms with Crippen molar-refractivity contribution in [2.45, 2.75) is 19.8 Å². The second-order valence-electron chi connectivity index (χ2n) is 4.36. The first kappa shape index (κ1) is 12.8. The minimum atomic E-state index is -0.293. The second kappa shape index (κ2) is 5.34. The van der Waals surface area contributed by atoms with Gasteiger partial charge in [0.2, 0.25) is 11.6 Å². The average Bonchev–Trinajstić information content (AvgIpc) is 2.84. The van der Waals surface area contributed by atoms with Crippen molar-refractivity contribution >= 4 is 28.1 Å². The molecule has 0 bridgehead atoms. The van der Waals surface area contributed by atoms with Crippen LogP contribution in [0.5, 0.6) is 0 Å². The summed E-state index contributed by atoms with van der Waals surface area (Å²) in [6.45, 7) is 3.58. The van der Waals surface area contributed by atoms with Crippen LogP contribution in [0.4, 0.5) is 5.13 Å². The third kappa shape index (κ3) is 2.61. The number of aryl methyl sites for hydroxylation is 1. The molecule has 0 radical (unpaired) electrons. The van der Waals surface area contributed by atoms with Crippen LogP contribution in [0.25, 0.3) is 0 Å². The fourth-order valence-corrected chi connectivity index (χ4v) is 2.89. The van der Waals surface area contributed by atoms with Crippen molar-refractivity contribution in [1.82, 2.24) is 4.98 Å². The molecule has 98 valence electrons. The van der Waals surface area contributed by atoms with E-state index in [9.17, 15) is 4.79 Å². The number of rotatable bonds is 3. The number of hydrogen-bond acceptors (Lipinski definition) is 6. The van der Waals surface area contributed by atoms with Crippen LogP contribution < -0.4 is 10.6 Å². The molecular weight excluding hydrogens is 252 g/mol. The van der Waals surface area contributed by atoms with E-state index < -0.39 is 0 Å². The molecule has 0 unspecified atom stereocenters. The maximum atomic E-state index is 11.7. The Morgan fingerprint density at radius 2 is 2.28 bits per heavy atom. The van der Waals surface area contributed by atoms with Crippen LogP contribution in [0.2, 0.25) is 0 Å². The first-order valence-corrected chi connectivity index (χ1v) is 6.62. The Morgan fingerprint density at radius 3 is 2.78 bits per heavy atom. The number of nitrogens with zero attached hydrogens (tertiary/aromatic N) is 3. The van der Waals surface area contributed by atoms with Gasteiger partial charge < -0.3 is 15.8 Å². The Kier molecular flexibility index (Phi) is 3.81. The maximum Gasteiger partial charge on any atom is 0.206 e. The molecule has 1 aliphatic heterocycles. The summed E-state index contributed by atoms with van der Waals surface area (Å²) in [5.74, 6) is -0.691. The third-order valence-electron chi connectivity index (χ3n) is 3.11. The molecule has 0 aromatic carbocycles. The number of amidine groups is 1. The Bertz CT molecular complexity index is 463. The van der Waals surface area contributed by atoms with Gasteiger partial charge in [-0.15, -0.1) is 11.3 Å². The van der Waals surface area contributed by atoms with Gasteiger partial charge in [-0.25, -0.2) is 4.98 Å². The Labute approximate surface area is 109 Å². The van der Waals surface area contributed by atoms with Gasteiger partial charge in [-0.3, -0.25) is 4.79 Å². The van der Waals surface area contributed by atoms with E-state index in [4.69, 9.17) is 10.9 Å². The summed E-state index contributed by atoms with van der Waals surface area (Å²) < 4.78 is 0. The number of carbonyl (C=O) groups is 1. The lowest BCUT2D eigenvalue weighted by molar-refractivity contribution is -0.117. The average molecular weight is 268 g/mol. The number of thiazole rings is 1. The molecule has 7 heteroatoms. The van der Waals surface area contributed by atoms with Gasteiger partial charge in [0.05, 0.1) is 0 Å². The summed E-state index contributed by atoms with van der Waals surface area (Å²) in [5, 5.41) is 12.3. The van der Waals surface area contributed by atoms with Crippen molar-refractivity contribution in [2.75, 3.05) is 18.0 Å². The lowest BCUT2D eigenvalue weighted by atomic mass is 9.92. The number of ketones is 1. The van der Waals surface area contributed by atoms with Crippen LogP contribution in [0, 0.1) is 12.8 Å². The topological polar surface area (TPSA) is 91.8 Å². The quantitative estimate of drug-likeness (QED) is 0.369. The maximum absolute atomic E-state index is 11.7. The molecule has 2 rings (SSSR count). The molecule has 1 fully saturated rings. The number of aromatic nitrogens is 1. The van der Waals surface area contributed by atoms with Gasteiger partial charge in [-0.05, 0) is 19.8 Å². The first-order valence-electron chi connectivity index (χ1n) is 5.81. The van der Waals surface area contributed by atoms with E-state index >= 15 is 0 Å². The van der Waals surface area contributed by atoms with Crippen molar-refractivity contribution in [3.05, 3.63) is 11.1 Å². The van der Waals surface area contributed by atoms with E-state index in [1.807, 2.05) is 13.1 Å². The zero-order valence-corrected chi connectivity index (χ0v) is 11.0. The number of Topliss-reactive ketones (excluding diaryl/α,β-unsaturated/α-hetero) is 1. The highest BCUT2D eigenvalue weighted by molar-refractivity contribution is 7.15. The summed E-state index contributed by atoms with van der Waals surface area (Å²) in [7, 11) is 0. The van der Waals surface area contributed by atoms with Crippen LogP contribution in [0.1, 0.15) is 17.7 Å². The molecule has 18 heavy (non-hydrogen) atoms. The molecule has 0 aliphatic carbocycles. The minimum Gasteiger partial charge on any atom is -0.409 e.